The van der Waals surface area contributed by atoms with Crippen molar-refractivity contribution < 1.29 is 28.7 Å². The normalized spacial score (nSPS) is 10.8. The smallest absolute Gasteiger partial charge is 0.374 e. The average molecular weight is 337 g/mol. The van der Waals surface area contributed by atoms with Crippen LogP contribution in [0.1, 0.15) is 26.7 Å². The number of esters is 2. The summed E-state index contributed by atoms with van der Waals surface area (Å²) in [5, 5.41) is 11.0. The van der Waals surface area contributed by atoms with Crippen LogP contribution in [-0.2, 0) is 19.1 Å². The maximum absolute atomic E-state index is 12.0. The zero-order chi connectivity index (χ0) is 17.9. The van der Waals surface area contributed by atoms with E-state index < -0.39 is 22.6 Å². The second kappa shape index (κ2) is 9.98. The Morgan fingerprint density at radius 1 is 1.12 bits per heavy atom. The largest absolute Gasteiger partial charge is 0.462 e. The molecule has 0 aromatic heterocycles. The van der Waals surface area contributed by atoms with Crippen LogP contribution in [0.15, 0.2) is 36.1 Å². The number of nitro groups is 1. The van der Waals surface area contributed by atoms with E-state index in [-0.39, 0.29) is 24.7 Å². The van der Waals surface area contributed by atoms with Crippen molar-refractivity contribution in [3.05, 3.63) is 46.2 Å². The van der Waals surface area contributed by atoms with Gasteiger partial charge in [-0.25, -0.2) is 9.59 Å². The summed E-state index contributed by atoms with van der Waals surface area (Å²) in [5.74, 6) is -2.34. The van der Waals surface area contributed by atoms with Crippen LogP contribution in [0.3, 0.4) is 0 Å². The summed E-state index contributed by atoms with van der Waals surface area (Å²) in [6.07, 6.45) is 2.01. The van der Waals surface area contributed by atoms with Gasteiger partial charge in [-0.15, -0.1) is 0 Å². The number of hydrogen-bond donors (Lipinski definition) is 0. The summed E-state index contributed by atoms with van der Waals surface area (Å²) in [5.41, 5.74) is -0.339. The van der Waals surface area contributed by atoms with Crippen LogP contribution in [0.25, 0.3) is 0 Å². The summed E-state index contributed by atoms with van der Waals surface area (Å²) in [6.45, 7) is 3.92. The molecule has 0 aliphatic heterocycles. The lowest BCUT2D eigenvalue weighted by Crippen LogP contribution is -2.16. The summed E-state index contributed by atoms with van der Waals surface area (Å²) in [4.78, 5) is 34.0. The third kappa shape index (κ3) is 6.07. The highest BCUT2D eigenvalue weighted by molar-refractivity contribution is 5.95. The molecule has 0 saturated heterocycles. The predicted octanol–water partition coefficient (Wildman–Crippen LogP) is 2.76. The Kier molecular flexibility index (Phi) is 7.97. The molecule has 0 bridgehead atoms. The van der Waals surface area contributed by atoms with Gasteiger partial charge in [0.05, 0.1) is 24.2 Å². The lowest BCUT2D eigenvalue weighted by molar-refractivity contribution is -0.385. The maximum Gasteiger partial charge on any atom is 0.374 e. The highest BCUT2D eigenvalue weighted by Gasteiger charge is 2.21. The van der Waals surface area contributed by atoms with Crippen LogP contribution in [0.5, 0.6) is 5.75 Å². The van der Waals surface area contributed by atoms with Gasteiger partial charge in [0.15, 0.2) is 0 Å². The number of ether oxygens (including phenoxy) is 3. The number of nitro benzene ring substituents is 1. The maximum atomic E-state index is 12.0. The van der Waals surface area contributed by atoms with Gasteiger partial charge in [0.25, 0.3) is 0 Å². The fourth-order valence-corrected chi connectivity index (χ4v) is 1.56. The number of hydrogen-bond acceptors (Lipinski definition) is 7. The van der Waals surface area contributed by atoms with Crippen molar-refractivity contribution in [1.29, 1.82) is 0 Å². The third-order valence-electron chi connectivity index (χ3n) is 2.62. The van der Waals surface area contributed by atoms with Crippen molar-refractivity contribution >= 4 is 17.6 Å². The number of benzene rings is 1. The molecule has 1 aromatic rings. The van der Waals surface area contributed by atoms with E-state index in [1.807, 2.05) is 6.92 Å². The number of nitrogens with zero attached hydrogens (tertiary/aromatic N) is 1. The van der Waals surface area contributed by atoms with Crippen LogP contribution in [0.2, 0.25) is 0 Å². The molecule has 0 N–H and O–H groups in total. The SMILES string of the molecule is CCCOC(=O)/C=C(\Oc1ccccc1[N+](=O)[O-])C(=O)OCCC. The van der Waals surface area contributed by atoms with Crippen LogP contribution in [-0.4, -0.2) is 30.1 Å². The van der Waals surface area contributed by atoms with Crippen molar-refractivity contribution in [2.24, 2.45) is 0 Å². The molecule has 130 valence electrons. The molecule has 0 unspecified atom stereocenters. The fourth-order valence-electron chi connectivity index (χ4n) is 1.56. The van der Waals surface area contributed by atoms with Gasteiger partial charge in [-0.3, -0.25) is 10.1 Å². The fraction of sp³-hybridized carbons (Fsp3) is 0.375. The number of para-hydroxylation sites is 2. The Morgan fingerprint density at radius 2 is 1.75 bits per heavy atom. The Balaban J connectivity index is 3.05. The lowest BCUT2D eigenvalue weighted by Gasteiger charge is -2.10. The van der Waals surface area contributed by atoms with Gasteiger partial charge in [0, 0.05) is 6.07 Å². The average Bonchev–Trinajstić information content (AvgIpc) is 2.57. The van der Waals surface area contributed by atoms with E-state index in [1.165, 1.54) is 24.3 Å². The first-order chi connectivity index (χ1) is 11.5. The Bertz CT molecular complexity index is 625. The van der Waals surface area contributed by atoms with E-state index in [4.69, 9.17) is 14.2 Å². The van der Waals surface area contributed by atoms with Gasteiger partial charge in [0.2, 0.25) is 11.5 Å². The van der Waals surface area contributed by atoms with Crippen LogP contribution >= 0.6 is 0 Å². The minimum absolute atomic E-state index is 0.125. The molecule has 0 radical (unpaired) electrons. The summed E-state index contributed by atoms with van der Waals surface area (Å²) < 4.78 is 15.0. The molecule has 0 saturated carbocycles. The van der Waals surface area contributed by atoms with Crippen LogP contribution in [0.4, 0.5) is 5.69 Å². The molecular formula is C16H19NO7. The predicted molar refractivity (Wildman–Crippen MR) is 84.3 cm³/mol. The van der Waals surface area contributed by atoms with Crippen molar-refractivity contribution in [3.63, 3.8) is 0 Å². The molecule has 0 aliphatic rings. The number of carbonyl (C=O) groups excluding carboxylic acids is 2. The molecule has 1 rings (SSSR count). The van der Waals surface area contributed by atoms with Gasteiger partial charge in [-0.2, -0.15) is 0 Å². The molecule has 8 heteroatoms. The molecule has 0 amide bonds. The van der Waals surface area contributed by atoms with Gasteiger partial charge >= 0.3 is 17.6 Å². The van der Waals surface area contributed by atoms with Gasteiger partial charge in [0.1, 0.15) is 0 Å². The Labute approximate surface area is 139 Å². The molecule has 24 heavy (non-hydrogen) atoms. The Morgan fingerprint density at radius 3 is 2.38 bits per heavy atom. The second-order valence-corrected chi connectivity index (χ2v) is 4.64. The van der Waals surface area contributed by atoms with Gasteiger partial charge in [-0.1, -0.05) is 26.0 Å². The number of rotatable bonds is 9. The standard InChI is InChI=1S/C16H19NO7/c1-3-9-22-15(18)11-14(16(19)23-10-4-2)24-13-8-6-5-7-12(13)17(20)21/h5-8,11H,3-4,9-10H2,1-2H3/b14-11-. The first kappa shape index (κ1) is 19.1. The molecule has 0 atom stereocenters. The van der Waals surface area contributed by atoms with E-state index in [0.717, 1.165) is 6.08 Å². The summed E-state index contributed by atoms with van der Waals surface area (Å²) in [7, 11) is 0. The van der Waals surface area contributed by atoms with E-state index in [2.05, 4.69) is 0 Å². The molecule has 0 spiro atoms. The zero-order valence-corrected chi connectivity index (χ0v) is 13.5. The lowest BCUT2D eigenvalue weighted by atomic mass is 10.3. The van der Waals surface area contributed by atoms with E-state index in [0.29, 0.717) is 12.8 Å². The minimum atomic E-state index is -0.900. The van der Waals surface area contributed by atoms with E-state index in [9.17, 15) is 19.7 Å². The molecule has 0 fully saturated rings. The zero-order valence-electron chi connectivity index (χ0n) is 13.5. The van der Waals surface area contributed by atoms with Gasteiger partial charge in [-0.05, 0) is 18.9 Å². The highest BCUT2D eigenvalue weighted by atomic mass is 16.6. The molecule has 8 nitrogen and oxygen atoms in total. The van der Waals surface area contributed by atoms with Gasteiger partial charge < -0.3 is 14.2 Å². The van der Waals surface area contributed by atoms with E-state index >= 15 is 0 Å². The minimum Gasteiger partial charge on any atom is -0.462 e. The molecule has 0 heterocycles. The van der Waals surface area contributed by atoms with Crippen LogP contribution < -0.4 is 4.74 Å². The first-order valence-corrected chi connectivity index (χ1v) is 7.46. The van der Waals surface area contributed by atoms with Crippen molar-refractivity contribution in [2.45, 2.75) is 26.7 Å². The van der Waals surface area contributed by atoms with Crippen molar-refractivity contribution in [3.8, 4) is 5.75 Å². The van der Waals surface area contributed by atoms with Crippen molar-refractivity contribution in [1.82, 2.24) is 0 Å². The third-order valence-corrected chi connectivity index (χ3v) is 2.62. The highest BCUT2D eigenvalue weighted by Crippen LogP contribution is 2.27. The van der Waals surface area contributed by atoms with Crippen LogP contribution in [0, 0.1) is 10.1 Å². The molecule has 1 aromatic carbocycles. The topological polar surface area (TPSA) is 105 Å². The number of carbonyl (C=O) groups is 2. The molecular weight excluding hydrogens is 318 g/mol. The quantitative estimate of drug-likeness (QED) is 0.224. The van der Waals surface area contributed by atoms with E-state index in [1.54, 1.807) is 6.92 Å². The first-order valence-electron chi connectivity index (χ1n) is 7.46. The van der Waals surface area contributed by atoms with Crippen molar-refractivity contribution in [2.75, 3.05) is 13.2 Å². The summed E-state index contributed by atoms with van der Waals surface area (Å²) in [6, 6.07) is 5.50. The monoisotopic (exact) mass is 337 g/mol. The Hall–Kier alpha value is -2.90. The molecule has 0 aliphatic carbocycles. The second-order valence-electron chi connectivity index (χ2n) is 4.64. The summed E-state index contributed by atoms with van der Waals surface area (Å²) >= 11 is 0.